The Balaban J connectivity index is 2.11. The summed E-state index contributed by atoms with van der Waals surface area (Å²) in [5, 5.41) is 0.883. The van der Waals surface area contributed by atoms with E-state index in [1.165, 1.54) is 6.20 Å². The van der Waals surface area contributed by atoms with Crippen molar-refractivity contribution in [2.24, 2.45) is 7.05 Å². The summed E-state index contributed by atoms with van der Waals surface area (Å²) in [4.78, 5) is -0.0561. The van der Waals surface area contributed by atoms with Crippen LogP contribution in [0.25, 0.3) is 10.9 Å². The molecule has 0 radical (unpaired) electrons. The molecule has 0 amide bonds. The van der Waals surface area contributed by atoms with Crippen molar-refractivity contribution in [3.05, 3.63) is 57.7 Å². The van der Waals surface area contributed by atoms with Gasteiger partial charge >= 0.3 is 0 Å². The number of fused-ring (bicyclic) bond motifs is 1. The molecule has 0 atom stereocenters. The molecule has 0 saturated carbocycles. The summed E-state index contributed by atoms with van der Waals surface area (Å²) < 4.78 is 56.3. The molecule has 0 saturated heterocycles. The molecule has 2 aromatic carbocycles. The molecule has 0 unspecified atom stereocenters. The first-order valence-electron chi connectivity index (χ1n) is 6.61. The fourth-order valence-corrected chi connectivity index (χ4v) is 4.13. The zero-order chi connectivity index (χ0) is 17.6. The maximum absolute atomic E-state index is 13.9. The lowest BCUT2D eigenvalue weighted by atomic mass is 10.2. The first kappa shape index (κ1) is 17.2. The van der Waals surface area contributed by atoms with Gasteiger partial charge in [0.15, 0.2) is 0 Å². The highest BCUT2D eigenvalue weighted by Gasteiger charge is 2.22. The third kappa shape index (κ3) is 3.01. The summed E-state index contributed by atoms with van der Waals surface area (Å²) in [6, 6.07) is 6.37. The van der Waals surface area contributed by atoms with E-state index in [4.69, 9.17) is 11.6 Å². The standard InChI is InChI=1S/C15H10BrClF2N2O2S/c1-21-7-15(9-3-2-8(17)4-14(9)21)24(22,23)20-13-6-11(18)10(16)5-12(13)19/h2-7,20H,1H3. The summed E-state index contributed by atoms with van der Waals surface area (Å²) in [6.07, 6.45) is 1.39. The van der Waals surface area contributed by atoms with Crippen LogP contribution in [-0.4, -0.2) is 13.0 Å². The van der Waals surface area contributed by atoms with Gasteiger partial charge < -0.3 is 4.57 Å². The molecule has 24 heavy (non-hydrogen) atoms. The van der Waals surface area contributed by atoms with Crippen molar-refractivity contribution in [3.8, 4) is 0 Å². The van der Waals surface area contributed by atoms with E-state index in [-0.39, 0.29) is 9.37 Å². The Morgan fingerprint density at radius 2 is 1.88 bits per heavy atom. The van der Waals surface area contributed by atoms with Crippen molar-refractivity contribution in [2.75, 3.05) is 4.72 Å². The Labute approximate surface area is 150 Å². The van der Waals surface area contributed by atoms with Crippen LogP contribution >= 0.6 is 27.5 Å². The lowest BCUT2D eigenvalue weighted by Crippen LogP contribution is -2.14. The average molecular weight is 436 g/mol. The quantitative estimate of drug-likeness (QED) is 0.608. The monoisotopic (exact) mass is 434 g/mol. The van der Waals surface area contributed by atoms with Gasteiger partial charge in [-0.3, -0.25) is 4.72 Å². The number of anilines is 1. The molecule has 3 rings (SSSR count). The summed E-state index contributed by atoms with van der Waals surface area (Å²) >= 11 is 8.76. The summed E-state index contributed by atoms with van der Waals surface area (Å²) in [5.41, 5.74) is 0.131. The number of rotatable bonds is 3. The van der Waals surface area contributed by atoms with Crippen LogP contribution in [0.3, 0.4) is 0 Å². The van der Waals surface area contributed by atoms with E-state index in [1.807, 2.05) is 0 Å². The molecule has 0 aliphatic carbocycles. The van der Waals surface area contributed by atoms with E-state index >= 15 is 0 Å². The molecule has 126 valence electrons. The van der Waals surface area contributed by atoms with Gasteiger partial charge in [0.2, 0.25) is 0 Å². The third-order valence-electron chi connectivity index (χ3n) is 3.46. The second-order valence-electron chi connectivity index (χ2n) is 5.12. The number of benzene rings is 2. The smallest absolute Gasteiger partial charge is 0.264 e. The normalized spacial score (nSPS) is 11.9. The summed E-state index contributed by atoms with van der Waals surface area (Å²) in [5.74, 6) is -1.67. The minimum absolute atomic E-state index is 0.0561. The Kier molecular flexibility index (Phi) is 4.31. The number of hydrogen-bond donors (Lipinski definition) is 1. The molecule has 0 aliphatic rings. The molecular weight excluding hydrogens is 426 g/mol. The van der Waals surface area contributed by atoms with E-state index in [9.17, 15) is 17.2 Å². The molecule has 0 spiro atoms. The minimum atomic E-state index is -4.12. The fraction of sp³-hybridized carbons (Fsp3) is 0.0667. The molecule has 9 heteroatoms. The van der Waals surface area contributed by atoms with Gasteiger partial charge in [-0.2, -0.15) is 0 Å². The molecule has 0 fully saturated rings. The lowest BCUT2D eigenvalue weighted by molar-refractivity contribution is 0.592. The highest BCUT2D eigenvalue weighted by Crippen LogP contribution is 2.30. The predicted molar refractivity (Wildman–Crippen MR) is 92.8 cm³/mol. The fourth-order valence-electron chi connectivity index (χ4n) is 2.33. The van der Waals surface area contributed by atoms with Gasteiger partial charge in [-0.1, -0.05) is 11.6 Å². The molecule has 1 aromatic heterocycles. The molecule has 1 heterocycles. The van der Waals surface area contributed by atoms with E-state index in [0.29, 0.717) is 15.9 Å². The maximum Gasteiger partial charge on any atom is 0.264 e. The Bertz CT molecular complexity index is 1070. The van der Waals surface area contributed by atoms with Gasteiger partial charge in [0, 0.05) is 29.7 Å². The number of nitrogens with zero attached hydrogens (tertiary/aromatic N) is 1. The van der Waals surface area contributed by atoms with Crippen molar-refractivity contribution in [3.63, 3.8) is 0 Å². The highest BCUT2D eigenvalue weighted by molar-refractivity contribution is 9.10. The van der Waals surface area contributed by atoms with Crippen molar-refractivity contribution >= 4 is 54.1 Å². The average Bonchev–Trinajstić information content (AvgIpc) is 2.82. The molecule has 4 nitrogen and oxygen atoms in total. The Hall–Kier alpha value is -1.64. The van der Waals surface area contributed by atoms with E-state index in [1.54, 1.807) is 29.8 Å². The van der Waals surface area contributed by atoms with Crippen molar-refractivity contribution in [1.82, 2.24) is 4.57 Å². The van der Waals surface area contributed by atoms with Crippen molar-refractivity contribution in [1.29, 1.82) is 0 Å². The topological polar surface area (TPSA) is 51.1 Å². The van der Waals surface area contributed by atoms with Gasteiger partial charge in [-0.15, -0.1) is 0 Å². The number of nitrogens with one attached hydrogen (secondary N) is 1. The van der Waals surface area contributed by atoms with Gasteiger partial charge in [-0.05, 0) is 40.2 Å². The molecule has 0 bridgehead atoms. The number of aryl methyl sites for hydroxylation is 1. The molecule has 0 aliphatic heterocycles. The predicted octanol–water partition coefficient (Wildman–Crippen LogP) is 4.67. The number of sulfonamides is 1. The van der Waals surface area contributed by atoms with Crippen molar-refractivity contribution < 1.29 is 17.2 Å². The van der Waals surface area contributed by atoms with E-state index in [0.717, 1.165) is 12.1 Å². The molecule has 1 N–H and O–H groups in total. The maximum atomic E-state index is 13.9. The summed E-state index contributed by atoms with van der Waals surface area (Å²) in [6.45, 7) is 0. The van der Waals surface area contributed by atoms with E-state index in [2.05, 4.69) is 20.7 Å². The first-order chi connectivity index (χ1) is 11.2. The van der Waals surface area contributed by atoms with Crippen LogP contribution in [-0.2, 0) is 17.1 Å². The Morgan fingerprint density at radius 1 is 1.17 bits per heavy atom. The lowest BCUT2D eigenvalue weighted by Gasteiger charge is -2.09. The second-order valence-corrected chi connectivity index (χ2v) is 8.06. The zero-order valence-electron chi connectivity index (χ0n) is 12.1. The number of aromatic nitrogens is 1. The van der Waals surface area contributed by atoms with Crippen LogP contribution in [0, 0.1) is 11.6 Å². The zero-order valence-corrected chi connectivity index (χ0v) is 15.3. The second kappa shape index (κ2) is 6.02. The van der Waals surface area contributed by atoms with Crippen LogP contribution in [0.4, 0.5) is 14.5 Å². The van der Waals surface area contributed by atoms with Gasteiger partial charge in [0.25, 0.3) is 10.0 Å². The SMILES string of the molecule is Cn1cc(S(=O)(=O)Nc2cc(F)c(Br)cc2F)c2ccc(Cl)cc21. The first-order valence-corrected chi connectivity index (χ1v) is 9.26. The van der Waals surface area contributed by atoms with Gasteiger partial charge in [0.1, 0.15) is 16.5 Å². The molecule has 3 aromatic rings. The van der Waals surface area contributed by atoms with E-state index < -0.39 is 27.3 Å². The number of hydrogen-bond acceptors (Lipinski definition) is 2. The number of halogens is 4. The van der Waals surface area contributed by atoms with Crippen LogP contribution < -0.4 is 4.72 Å². The van der Waals surface area contributed by atoms with Crippen LogP contribution in [0.1, 0.15) is 0 Å². The molecular formula is C15H10BrClF2N2O2S. The minimum Gasteiger partial charge on any atom is -0.349 e. The summed E-state index contributed by atoms with van der Waals surface area (Å²) in [7, 11) is -2.46. The highest BCUT2D eigenvalue weighted by atomic mass is 79.9. The largest absolute Gasteiger partial charge is 0.349 e. The third-order valence-corrected chi connectivity index (χ3v) is 5.70. The van der Waals surface area contributed by atoms with Gasteiger partial charge in [-0.25, -0.2) is 17.2 Å². The Morgan fingerprint density at radius 3 is 2.58 bits per heavy atom. The van der Waals surface area contributed by atoms with Crippen LogP contribution in [0.15, 0.2) is 45.9 Å². The van der Waals surface area contributed by atoms with Crippen molar-refractivity contribution in [2.45, 2.75) is 4.90 Å². The van der Waals surface area contributed by atoms with Gasteiger partial charge in [0.05, 0.1) is 15.7 Å². The van der Waals surface area contributed by atoms with Crippen LogP contribution in [0.5, 0.6) is 0 Å². The van der Waals surface area contributed by atoms with Crippen LogP contribution in [0.2, 0.25) is 5.02 Å².